The Hall–Kier alpha value is -4.34. The maximum atomic E-state index is 12.6. The quantitative estimate of drug-likeness (QED) is 0.161. The fourth-order valence-corrected chi connectivity index (χ4v) is 3.40. The van der Waals surface area contributed by atoms with Gasteiger partial charge in [-0.2, -0.15) is 0 Å². The molecule has 0 radical (unpaired) electrons. The molecule has 10 nitrogen and oxygen atoms in total. The van der Waals surface area contributed by atoms with Crippen LogP contribution in [0.1, 0.15) is 28.7 Å². The van der Waals surface area contributed by atoms with E-state index in [9.17, 15) is 14.9 Å². The number of carbonyl (C=O) groups is 1. The van der Waals surface area contributed by atoms with E-state index >= 15 is 0 Å². The van der Waals surface area contributed by atoms with Gasteiger partial charge in [-0.3, -0.25) is 4.79 Å². The second-order valence-corrected chi connectivity index (χ2v) is 7.33. The molecule has 0 unspecified atom stereocenters. The summed E-state index contributed by atoms with van der Waals surface area (Å²) >= 11 is 0. The zero-order chi connectivity index (χ0) is 25.4. The monoisotopic (exact) mass is 481 g/mol. The second kappa shape index (κ2) is 11.7. The van der Waals surface area contributed by atoms with E-state index in [1.165, 1.54) is 31.1 Å². The maximum Gasteiger partial charge on any atom is 0.342 e. The first-order valence-corrected chi connectivity index (χ1v) is 10.9. The Morgan fingerprint density at radius 1 is 1.06 bits per heavy atom. The summed E-state index contributed by atoms with van der Waals surface area (Å²) in [6.45, 7) is 4.41. The van der Waals surface area contributed by atoms with Crippen LogP contribution in [0.2, 0.25) is 0 Å². The minimum Gasteiger partial charge on any atom is -0.493 e. The number of nitro groups is 1. The predicted octanol–water partition coefficient (Wildman–Crippen LogP) is 4.49. The molecule has 0 atom stereocenters. The van der Waals surface area contributed by atoms with E-state index in [1.807, 2.05) is 6.92 Å². The van der Waals surface area contributed by atoms with Gasteiger partial charge >= 0.3 is 5.82 Å². The summed E-state index contributed by atoms with van der Waals surface area (Å²) in [4.78, 5) is 27.3. The normalized spacial score (nSPS) is 10.9. The summed E-state index contributed by atoms with van der Waals surface area (Å²) in [7, 11) is 3.05. The molecule has 0 bridgehead atoms. The standard InChI is InChI=1S/C25H27N3O7/c1-5-34-24-14-18(6-9-20(29)19-8-11-21(32-3)23(15-19)33-4)7-10-22(24)35-13-12-27-17(2)26-16-25(27)28(30)31/h6-11,14-16H,5,12-13H2,1-4H3/b9-6+. The molecule has 0 aliphatic carbocycles. The number of nitrogens with zero attached hydrogens (tertiary/aromatic N) is 3. The van der Waals surface area contributed by atoms with E-state index < -0.39 is 4.92 Å². The highest BCUT2D eigenvalue weighted by Gasteiger charge is 2.17. The van der Waals surface area contributed by atoms with Gasteiger partial charge in [0.15, 0.2) is 34.6 Å². The summed E-state index contributed by atoms with van der Waals surface area (Å²) in [6.07, 6.45) is 4.38. The Morgan fingerprint density at radius 2 is 1.80 bits per heavy atom. The SMILES string of the molecule is CCOc1cc(/C=C/C(=O)c2ccc(OC)c(OC)c2)ccc1OCCn1c([N+](=O)[O-])cnc1C. The van der Waals surface area contributed by atoms with E-state index in [4.69, 9.17) is 18.9 Å². The number of imidazole rings is 1. The average Bonchev–Trinajstić information content (AvgIpc) is 3.23. The topological polar surface area (TPSA) is 115 Å². The van der Waals surface area contributed by atoms with Crippen LogP contribution >= 0.6 is 0 Å². The van der Waals surface area contributed by atoms with E-state index in [2.05, 4.69) is 4.98 Å². The van der Waals surface area contributed by atoms with Gasteiger partial charge in [0.25, 0.3) is 0 Å². The Balaban J connectivity index is 1.71. The van der Waals surface area contributed by atoms with Crippen LogP contribution in [0, 0.1) is 17.0 Å². The molecule has 0 fully saturated rings. The van der Waals surface area contributed by atoms with E-state index in [0.29, 0.717) is 41.0 Å². The highest BCUT2D eigenvalue weighted by molar-refractivity contribution is 6.07. The molecule has 2 aromatic carbocycles. The van der Waals surface area contributed by atoms with Gasteiger partial charge in [-0.15, -0.1) is 0 Å². The smallest absolute Gasteiger partial charge is 0.342 e. The van der Waals surface area contributed by atoms with Crippen molar-refractivity contribution in [3.8, 4) is 23.0 Å². The van der Waals surface area contributed by atoms with E-state index in [0.717, 1.165) is 5.56 Å². The number of aryl methyl sites for hydroxylation is 1. The molecule has 0 aliphatic heterocycles. The molecule has 0 N–H and O–H groups in total. The van der Waals surface area contributed by atoms with Gasteiger partial charge in [0, 0.05) is 12.5 Å². The molecule has 10 heteroatoms. The zero-order valence-corrected chi connectivity index (χ0v) is 20.0. The van der Waals surface area contributed by atoms with E-state index in [-0.39, 0.29) is 24.8 Å². The van der Waals surface area contributed by atoms with Crippen LogP contribution in [-0.4, -0.2) is 47.7 Å². The molecular weight excluding hydrogens is 454 g/mol. The van der Waals surface area contributed by atoms with Gasteiger partial charge < -0.3 is 29.1 Å². The van der Waals surface area contributed by atoms with Gasteiger partial charge in [0.05, 0.1) is 20.8 Å². The zero-order valence-electron chi connectivity index (χ0n) is 20.0. The van der Waals surface area contributed by atoms with Crippen molar-refractivity contribution >= 4 is 17.7 Å². The number of ketones is 1. The highest BCUT2D eigenvalue weighted by Crippen LogP contribution is 2.30. The molecule has 35 heavy (non-hydrogen) atoms. The van der Waals surface area contributed by atoms with Crippen LogP contribution in [0.3, 0.4) is 0 Å². The fourth-order valence-electron chi connectivity index (χ4n) is 3.40. The number of ether oxygens (including phenoxy) is 4. The van der Waals surface area contributed by atoms with Gasteiger partial charge in [0.2, 0.25) is 0 Å². The molecule has 3 aromatic rings. The first-order valence-electron chi connectivity index (χ1n) is 10.9. The van der Waals surface area contributed by atoms with Crippen LogP contribution < -0.4 is 18.9 Å². The number of carbonyl (C=O) groups excluding carboxylic acids is 1. The van der Waals surface area contributed by atoms with E-state index in [1.54, 1.807) is 49.4 Å². The lowest BCUT2D eigenvalue weighted by Crippen LogP contribution is -2.12. The maximum absolute atomic E-state index is 12.6. The van der Waals surface area contributed by atoms with Crippen molar-refractivity contribution in [2.45, 2.75) is 20.4 Å². The third kappa shape index (κ3) is 6.17. The number of benzene rings is 2. The first-order chi connectivity index (χ1) is 16.9. The van der Waals surface area contributed by atoms with Crippen molar-refractivity contribution in [2.24, 2.45) is 0 Å². The number of methoxy groups -OCH3 is 2. The predicted molar refractivity (Wildman–Crippen MR) is 130 cm³/mol. The summed E-state index contributed by atoms with van der Waals surface area (Å²) < 4.78 is 23.5. The van der Waals surface area contributed by atoms with Gasteiger partial charge in [0.1, 0.15) is 19.3 Å². The van der Waals surface area contributed by atoms with Gasteiger partial charge in [-0.1, -0.05) is 12.1 Å². The minimum atomic E-state index is -0.476. The van der Waals surface area contributed by atoms with Gasteiger partial charge in [-0.05, 0) is 53.8 Å². The summed E-state index contributed by atoms with van der Waals surface area (Å²) in [5.41, 5.74) is 1.21. The lowest BCUT2D eigenvalue weighted by molar-refractivity contribution is -0.392. The fraction of sp³-hybridized carbons (Fsp3) is 0.280. The molecule has 3 rings (SSSR count). The lowest BCUT2D eigenvalue weighted by atomic mass is 10.1. The third-order valence-corrected chi connectivity index (χ3v) is 5.16. The van der Waals surface area contributed by atoms with Crippen molar-refractivity contribution in [2.75, 3.05) is 27.4 Å². The van der Waals surface area contributed by atoms with Crippen molar-refractivity contribution < 1.29 is 28.7 Å². The molecular formula is C25H27N3O7. The Bertz CT molecular complexity index is 1230. The summed E-state index contributed by atoms with van der Waals surface area (Å²) in [6, 6.07) is 10.3. The molecule has 184 valence electrons. The summed E-state index contributed by atoms with van der Waals surface area (Å²) in [5, 5.41) is 11.1. The molecule has 0 amide bonds. The first kappa shape index (κ1) is 25.3. The van der Waals surface area contributed by atoms with Crippen molar-refractivity contribution in [3.05, 3.63) is 75.7 Å². The highest BCUT2D eigenvalue weighted by atomic mass is 16.6. The largest absolute Gasteiger partial charge is 0.493 e. The van der Waals surface area contributed by atoms with Crippen LogP contribution in [0.5, 0.6) is 23.0 Å². The van der Waals surface area contributed by atoms with Crippen LogP contribution in [0.4, 0.5) is 5.82 Å². The molecule has 0 spiro atoms. The molecule has 0 aliphatic rings. The molecule has 1 aromatic heterocycles. The minimum absolute atomic E-state index is 0.0873. The number of rotatable bonds is 12. The Labute approximate surface area is 202 Å². The summed E-state index contributed by atoms with van der Waals surface area (Å²) in [5.74, 6) is 2.27. The average molecular weight is 482 g/mol. The van der Waals surface area contributed by atoms with Gasteiger partial charge in [-0.25, -0.2) is 9.55 Å². The molecule has 1 heterocycles. The van der Waals surface area contributed by atoms with Crippen LogP contribution in [-0.2, 0) is 6.54 Å². The molecule has 0 saturated heterocycles. The Morgan fingerprint density at radius 3 is 2.49 bits per heavy atom. The Kier molecular flexibility index (Phi) is 8.44. The third-order valence-electron chi connectivity index (χ3n) is 5.16. The van der Waals surface area contributed by atoms with Crippen molar-refractivity contribution in [3.63, 3.8) is 0 Å². The number of allylic oxidation sites excluding steroid dienone is 1. The second-order valence-electron chi connectivity index (χ2n) is 7.33. The molecule has 0 saturated carbocycles. The lowest BCUT2D eigenvalue weighted by Gasteiger charge is -2.12. The number of hydrogen-bond acceptors (Lipinski definition) is 8. The van der Waals surface area contributed by atoms with Crippen LogP contribution in [0.25, 0.3) is 6.08 Å². The van der Waals surface area contributed by atoms with Crippen molar-refractivity contribution in [1.29, 1.82) is 0 Å². The number of hydrogen-bond donors (Lipinski definition) is 0. The van der Waals surface area contributed by atoms with Crippen molar-refractivity contribution in [1.82, 2.24) is 9.55 Å². The number of aromatic nitrogens is 2. The van der Waals surface area contributed by atoms with Crippen LogP contribution in [0.15, 0.2) is 48.7 Å².